The van der Waals surface area contributed by atoms with Gasteiger partial charge in [-0.25, -0.2) is 4.98 Å². The van der Waals surface area contributed by atoms with Crippen LogP contribution in [-0.4, -0.2) is 25.9 Å². The molecule has 0 atom stereocenters. The van der Waals surface area contributed by atoms with Crippen molar-refractivity contribution in [1.82, 2.24) is 19.7 Å². The number of aromatic nitrogens is 4. The van der Waals surface area contributed by atoms with Gasteiger partial charge in [0.05, 0.1) is 18.0 Å². The number of nitrogens with one attached hydrogen (secondary N) is 1. The molecule has 6 nitrogen and oxygen atoms in total. The summed E-state index contributed by atoms with van der Waals surface area (Å²) in [7, 11) is 0. The van der Waals surface area contributed by atoms with Crippen LogP contribution in [0, 0.1) is 6.92 Å². The summed E-state index contributed by atoms with van der Waals surface area (Å²) in [5, 5.41) is 7.42. The molecule has 0 fully saturated rings. The summed E-state index contributed by atoms with van der Waals surface area (Å²) in [5.74, 6) is 1.09. The lowest BCUT2D eigenvalue weighted by Gasteiger charge is -2.10. The zero-order valence-electron chi connectivity index (χ0n) is 12.6. The van der Waals surface area contributed by atoms with E-state index in [0.29, 0.717) is 17.9 Å². The Hall–Kier alpha value is -2.11. The first-order valence-corrected chi connectivity index (χ1v) is 6.77. The SMILES string of the molecule is Cc1cc(OC(C)C)nc(Nc2cnn(C(C)C)c2)n1. The molecule has 20 heavy (non-hydrogen) atoms. The van der Waals surface area contributed by atoms with Gasteiger partial charge in [0.1, 0.15) is 0 Å². The number of aryl methyl sites for hydroxylation is 1. The van der Waals surface area contributed by atoms with Gasteiger partial charge in [-0.3, -0.25) is 4.68 Å². The number of rotatable bonds is 5. The van der Waals surface area contributed by atoms with Crippen LogP contribution in [0.5, 0.6) is 5.88 Å². The number of ether oxygens (including phenoxy) is 1. The molecule has 1 N–H and O–H groups in total. The summed E-state index contributed by atoms with van der Waals surface area (Å²) in [6.45, 7) is 10.0. The van der Waals surface area contributed by atoms with Gasteiger partial charge in [0, 0.05) is 24.0 Å². The highest BCUT2D eigenvalue weighted by atomic mass is 16.5. The molecule has 0 amide bonds. The average Bonchev–Trinajstić information content (AvgIpc) is 2.75. The Morgan fingerprint density at radius 2 is 1.95 bits per heavy atom. The Kier molecular flexibility index (Phi) is 4.22. The highest BCUT2D eigenvalue weighted by Crippen LogP contribution is 2.18. The van der Waals surface area contributed by atoms with Gasteiger partial charge in [-0.2, -0.15) is 10.1 Å². The third-order valence-electron chi connectivity index (χ3n) is 2.57. The maximum atomic E-state index is 5.60. The Morgan fingerprint density at radius 1 is 1.20 bits per heavy atom. The van der Waals surface area contributed by atoms with Crippen LogP contribution in [0.3, 0.4) is 0 Å². The number of hydrogen-bond donors (Lipinski definition) is 1. The highest BCUT2D eigenvalue weighted by molar-refractivity contribution is 5.51. The van der Waals surface area contributed by atoms with Crippen molar-refractivity contribution in [3.63, 3.8) is 0 Å². The zero-order valence-corrected chi connectivity index (χ0v) is 12.6. The predicted molar refractivity (Wildman–Crippen MR) is 78.4 cm³/mol. The van der Waals surface area contributed by atoms with E-state index in [1.165, 1.54) is 0 Å². The van der Waals surface area contributed by atoms with Crippen molar-refractivity contribution in [2.24, 2.45) is 0 Å². The Morgan fingerprint density at radius 3 is 2.55 bits per heavy atom. The number of nitrogens with zero attached hydrogens (tertiary/aromatic N) is 4. The molecule has 2 aromatic rings. The van der Waals surface area contributed by atoms with E-state index in [1.807, 2.05) is 37.7 Å². The minimum atomic E-state index is 0.0841. The monoisotopic (exact) mass is 275 g/mol. The van der Waals surface area contributed by atoms with Crippen molar-refractivity contribution in [2.75, 3.05) is 5.32 Å². The standard InChI is InChI=1S/C14H21N5O/c1-9(2)19-8-12(7-15-19)17-14-16-11(5)6-13(18-14)20-10(3)4/h6-10H,1-5H3,(H,16,17,18). The van der Waals surface area contributed by atoms with Crippen LogP contribution in [0.2, 0.25) is 0 Å². The highest BCUT2D eigenvalue weighted by Gasteiger charge is 2.07. The quantitative estimate of drug-likeness (QED) is 0.908. The van der Waals surface area contributed by atoms with Crippen molar-refractivity contribution < 1.29 is 4.74 Å². The van der Waals surface area contributed by atoms with E-state index in [9.17, 15) is 0 Å². The molecule has 2 aromatic heterocycles. The summed E-state index contributed by atoms with van der Waals surface area (Å²) in [5.41, 5.74) is 1.72. The van der Waals surface area contributed by atoms with Gasteiger partial charge in [-0.1, -0.05) is 0 Å². The smallest absolute Gasteiger partial charge is 0.230 e. The van der Waals surface area contributed by atoms with Crippen molar-refractivity contribution in [3.05, 3.63) is 24.2 Å². The fourth-order valence-electron chi connectivity index (χ4n) is 1.71. The van der Waals surface area contributed by atoms with Gasteiger partial charge in [0.2, 0.25) is 11.8 Å². The minimum absolute atomic E-state index is 0.0841. The molecule has 2 rings (SSSR count). The molecule has 0 aliphatic heterocycles. The Bertz CT molecular complexity index is 577. The van der Waals surface area contributed by atoms with E-state index in [2.05, 4.69) is 34.2 Å². The molecule has 108 valence electrons. The Labute approximate surface area is 119 Å². The summed E-state index contributed by atoms with van der Waals surface area (Å²) in [4.78, 5) is 8.69. The maximum Gasteiger partial charge on any atom is 0.230 e. The summed E-state index contributed by atoms with van der Waals surface area (Å²) >= 11 is 0. The lowest BCUT2D eigenvalue weighted by Crippen LogP contribution is -2.09. The normalized spacial score (nSPS) is 11.2. The van der Waals surface area contributed by atoms with E-state index in [-0.39, 0.29) is 6.10 Å². The van der Waals surface area contributed by atoms with Gasteiger partial charge >= 0.3 is 0 Å². The fourth-order valence-corrected chi connectivity index (χ4v) is 1.71. The number of anilines is 2. The molecule has 0 saturated carbocycles. The largest absolute Gasteiger partial charge is 0.475 e. The van der Waals surface area contributed by atoms with Crippen LogP contribution in [0.1, 0.15) is 39.4 Å². The third kappa shape index (κ3) is 3.69. The first-order valence-electron chi connectivity index (χ1n) is 6.77. The van der Waals surface area contributed by atoms with Crippen molar-refractivity contribution in [2.45, 2.75) is 46.8 Å². The lowest BCUT2D eigenvalue weighted by atomic mass is 10.4. The second-order valence-electron chi connectivity index (χ2n) is 5.27. The van der Waals surface area contributed by atoms with Crippen molar-refractivity contribution in [3.8, 4) is 5.88 Å². The average molecular weight is 275 g/mol. The van der Waals surface area contributed by atoms with E-state index in [1.54, 1.807) is 6.20 Å². The topological polar surface area (TPSA) is 64.9 Å². The van der Waals surface area contributed by atoms with Crippen LogP contribution in [0.25, 0.3) is 0 Å². The molecule has 6 heteroatoms. The van der Waals surface area contributed by atoms with Gasteiger partial charge in [-0.15, -0.1) is 0 Å². The molecule has 0 spiro atoms. The van der Waals surface area contributed by atoms with Crippen molar-refractivity contribution >= 4 is 11.6 Å². The zero-order chi connectivity index (χ0) is 14.7. The molecular formula is C14H21N5O. The molecule has 0 aliphatic rings. The number of hydrogen-bond acceptors (Lipinski definition) is 5. The first-order chi connectivity index (χ1) is 9.44. The second kappa shape index (κ2) is 5.90. The van der Waals surface area contributed by atoms with Crippen LogP contribution >= 0.6 is 0 Å². The molecule has 0 saturated heterocycles. The Balaban J connectivity index is 2.17. The molecule has 0 unspecified atom stereocenters. The lowest BCUT2D eigenvalue weighted by molar-refractivity contribution is 0.232. The van der Waals surface area contributed by atoms with Gasteiger partial charge in [-0.05, 0) is 34.6 Å². The summed E-state index contributed by atoms with van der Waals surface area (Å²) < 4.78 is 7.48. The van der Waals surface area contributed by atoms with E-state index < -0.39 is 0 Å². The van der Waals surface area contributed by atoms with E-state index in [4.69, 9.17) is 4.74 Å². The van der Waals surface area contributed by atoms with Gasteiger partial charge in [0.25, 0.3) is 0 Å². The molecule has 2 heterocycles. The third-order valence-corrected chi connectivity index (χ3v) is 2.57. The van der Waals surface area contributed by atoms with Crippen LogP contribution in [0.4, 0.5) is 11.6 Å². The summed E-state index contributed by atoms with van der Waals surface area (Å²) in [6.07, 6.45) is 3.77. The van der Waals surface area contributed by atoms with Gasteiger partial charge < -0.3 is 10.1 Å². The van der Waals surface area contributed by atoms with Crippen LogP contribution in [0.15, 0.2) is 18.5 Å². The van der Waals surface area contributed by atoms with Gasteiger partial charge in [0.15, 0.2) is 0 Å². The predicted octanol–water partition coefficient (Wildman–Crippen LogP) is 3.09. The van der Waals surface area contributed by atoms with E-state index >= 15 is 0 Å². The minimum Gasteiger partial charge on any atom is -0.475 e. The van der Waals surface area contributed by atoms with Crippen LogP contribution < -0.4 is 10.1 Å². The second-order valence-corrected chi connectivity index (χ2v) is 5.27. The molecule has 0 aromatic carbocycles. The van der Waals surface area contributed by atoms with E-state index in [0.717, 1.165) is 11.4 Å². The van der Waals surface area contributed by atoms with Crippen LogP contribution in [-0.2, 0) is 0 Å². The first kappa shape index (κ1) is 14.3. The molecule has 0 radical (unpaired) electrons. The maximum absolute atomic E-state index is 5.60. The molecule has 0 aliphatic carbocycles. The summed E-state index contributed by atoms with van der Waals surface area (Å²) in [6, 6.07) is 2.15. The fraction of sp³-hybridized carbons (Fsp3) is 0.500. The molecular weight excluding hydrogens is 254 g/mol. The molecule has 0 bridgehead atoms. The van der Waals surface area contributed by atoms with Crippen molar-refractivity contribution in [1.29, 1.82) is 0 Å².